The quantitative estimate of drug-likeness (QED) is 0.202. The number of carbonyl (C=O) groups is 1. The molecule has 1 aromatic heterocycles. The Balaban J connectivity index is 1.34. The zero-order valence-corrected chi connectivity index (χ0v) is 22.5. The number of amides is 1. The molecule has 0 aliphatic heterocycles. The lowest BCUT2D eigenvalue weighted by atomic mass is 9.72. The zero-order chi connectivity index (χ0) is 26.5. The Hall–Kier alpha value is -3.86. The number of hydrazone groups is 1. The van der Waals surface area contributed by atoms with Crippen molar-refractivity contribution in [3.05, 3.63) is 102 Å². The largest absolute Gasteiger partial charge is 0.484 e. The second-order valence-corrected chi connectivity index (χ2v) is 11.4. The highest BCUT2D eigenvalue weighted by atomic mass is 16.5. The lowest BCUT2D eigenvalue weighted by Gasteiger charge is -2.33. The summed E-state index contributed by atoms with van der Waals surface area (Å²) < 4.78 is 7.89. The van der Waals surface area contributed by atoms with Crippen molar-refractivity contribution < 1.29 is 9.53 Å². The van der Waals surface area contributed by atoms with Gasteiger partial charge in [0.2, 0.25) is 0 Å². The van der Waals surface area contributed by atoms with Crippen LogP contribution in [0.5, 0.6) is 5.75 Å². The maximum atomic E-state index is 12.3. The van der Waals surface area contributed by atoms with E-state index >= 15 is 0 Å². The molecule has 0 aliphatic carbocycles. The van der Waals surface area contributed by atoms with Crippen molar-refractivity contribution in [2.24, 2.45) is 10.5 Å². The number of nitrogens with one attached hydrogen (secondary N) is 1. The fourth-order valence-electron chi connectivity index (χ4n) is 5.07. The van der Waals surface area contributed by atoms with Crippen molar-refractivity contribution in [2.75, 3.05) is 6.61 Å². The lowest BCUT2D eigenvalue weighted by molar-refractivity contribution is -0.123. The summed E-state index contributed by atoms with van der Waals surface area (Å²) in [6, 6.07) is 26.6. The fraction of sp³-hybridized carbons (Fsp3) is 0.312. The molecule has 0 saturated carbocycles. The Morgan fingerprint density at radius 2 is 1.59 bits per heavy atom. The van der Waals surface area contributed by atoms with Gasteiger partial charge in [0.05, 0.1) is 6.21 Å². The molecule has 0 spiro atoms. The minimum atomic E-state index is -0.304. The summed E-state index contributed by atoms with van der Waals surface area (Å²) in [6.07, 6.45) is 4.83. The number of benzene rings is 3. The fourth-order valence-corrected chi connectivity index (χ4v) is 5.07. The van der Waals surface area contributed by atoms with Crippen LogP contribution in [0.15, 0.2) is 90.2 Å². The van der Waals surface area contributed by atoms with Crippen molar-refractivity contribution in [3.63, 3.8) is 0 Å². The summed E-state index contributed by atoms with van der Waals surface area (Å²) in [7, 11) is 0. The SMILES string of the molecule is CC(C)(C)CC(C)(C)c1ccc(OCC(=O)NN=Cc2cn(Cc3ccccc3)c3ccccc23)cc1. The average molecular weight is 496 g/mol. The number of fused-ring (bicyclic) bond motifs is 1. The van der Waals surface area contributed by atoms with E-state index in [9.17, 15) is 4.79 Å². The first-order valence-corrected chi connectivity index (χ1v) is 12.8. The number of aromatic nitrogens is 1. The van der Waals surface area contributed by atoms with Gasteiger partial charge >= 0.3 is 0 Å². The second kappa shape index (κ2) is 11.0. The summed E-state index contributed by atoms with van der Waals surface area (Å²) in [4.78, 5) is 12.3. The first-order valence-electron chi connectivity index (χ1n) is 12.8. The molecule has 5 heteroatoms. The molecule has 0 bridgehead atoms. The van der Waals surface area contributed by atoms with E-state index in [4.69, 9.17) is 4.74 Å². The predicted octanol–water partition coefficient (Wildman–Crippen LogP) is 6.93. The third-order valence-electron chi connectivity index (χ3n) is 6.39. The molecule has 3 aromatic carbocycles. The van der Waals surface area contributed by atoms with Crippen LogP contribution in [0.3, 0.4) is 0 Å². The van der Waals surface area contributed by atoms with E-state index in [0.717, 1.165) is 29.4 Å². The summed E-state index contributed by atoms with van der Waals surface area (Å²) in [5, 5.41) is 5.27. The Morgan fingerprint density at radius 1 is 0.919 bits per heavy atom. The molecule has 0 fully saturated rings. The predicted molar refractivity (Wildman–Crippen MR) is 152 cm³/mol. The Bertz CT molecular complexity index is 1360. The molecule has 0 aliphatic rings. The van der Waals surface area contributed by atoms with Gasteiger partial charge in [-0.05, 0) is 46.6 Å². The van der Waals surface area contributed by atoms with Crippen LogP contribution in [0.4, 0.5) is 0 Å². The van der Waals surface area contributed by atoms with Crippen LogP contribution in [0.1, 0.15) is 57.7 Å². The van der Waals surface area contributed by atoms with Crippen LogP contribution in [0, 0.1) is 5.41 Å². The van der Waals surface area contributed by atoms with E-state index in [2.05, 4.69) is 92.3 Å². The lowest BCUT2D eigenvalue weighted by Crippen LogP contribution is -2.25. The van der Waals surface area contributed by atoms with Gasteiger partial charge in [-0.25, -0.2) is 5.43 Å². The van der Waals surface area contributed by atoms with E-state index < -0.39 is 0 Å². The van der Waals surface area contributed by atoms with Crippen LogP contribution >= 0.6 is 0 Å². The van der Waals surface area contributed by atoms with Crippen molar-refractivity contribution in [3.8, 4) is 5.75 Å². The number of rotatable bonds is 9. The van der Waals surface area contributed by atoms with Crippen LogP contribution in [-0.2, 0) is 16.8 Å². The third-order valence-corrected chi connectivity index (χ3v) is 6.39. The van der Waals surface area contributed by atoms with E-state index in [0.29, 0.717) is 5.75 Å². The van der Waals surface area contributed by atoms with Gasteiger partial charge in [0, 0.05) is 29.2 Å². The summed E-state index contributed by atoms with van der Waals surface area (Å²) in [5.74, 6) is 0.361. The topological polar surface area (TPSA) is 55.6 Å². The Kier molecular flexibility index (Phi) is 7.82. The minimum Gasteiger partial charge on any atom is -0.484 e. The highest BCUT2D eigenvalue weighted by molar-refractivity contribution is 5.99. The number of para-hydroxylation sites is 1. The molecule has 0 atom stereocenters. The molecule has 37 heavy (non-hydrogen) atoms. The maximum Gasteiger partial charge on any atom is 0.277 e. The van der Waals surface area contributed by atoms with Gasteiger partial charge in [0.25, 0.3) is 5.91 Å². The normalized spacial score (nSPS) is 12.2. The molecule has 4 aromatic rings. The maximum absolute atomic E-state index is 12.3. The molecule has 5 nitrogen and oxygen atoms in total. The standard InChI is InChI=1S/C32H37N3O2/c1-31(2,3)23-32(4,5)26-15-17-27(18-16-26)37-22-30(36)34-33-19-25-21-35(20-24-11-7-6-8-12-24)29-14-10-9-13-28(25)29/h6-19,21H,20,22-23H2,1-5H3,(H,34,36). The first kappa shape index (κ1) is 26.2. The number of hydrogen-bond donors (Lipinski definition) is 1. The van der Waals surface area contributed by atoms with Crippen molar-refractivity contribution in [1.29, 1.82) is 0 Å². The molecule has 0 radical (unpaired) electrons. The minimum absolute atomic E-state index is 0.0626. The molecule has 192 valence electrons. The molecule has 4 rings (SSSR count). The van der Waals surface area contributed by atoms with Gasteiger partial charge in [-0.2, -0.15) is 5.10 Å². The van der Waals surface area contributed by atoms with Gasteiger partial charge in [-0.1, -0.05) is 95.3 Å². The van der Waals surface area contributed by atoms with E-state index in [1.165, 1.54) is 11.1 Å². The molecule has 0 saturated heterocycles. The van der Waals surface area contributed by atoms with Crippen LogP contribution in [-0.4, -0.2) is 23.3 Å². The molecule has 0 unspecified atom stereocenters. The number of hydrogen-bond acceptors (Lipinski definition) is 3. The van der Waals surface area contributed by atoms with Gasteiger partial charge in [-0.15, -0.1) is 0 Å². The summed E-state index contributed by atoms with van der Waals surface area (Å²) in [5.41, 5.74) is 7.44. The van der Waals surface area contributed by atoms with Crippen molar-refractivity contribution in [1.82, 2.24) is 9.99 Å². The summed E-state index contributed by atoms with van der Waals surface area (Å²) >= 11 is 0. The number of ether oxygens (including phenoxy) is 1. The van der Waals surface area contributed by atoms with Gasteiger partial charge in [0.1, 0.15) is 5.75 Å². The van der Waals surface area contributed by atoms with Crippen LogP contribution in [0.25, 0.3) is 10.9 Å². The van der Waals surface area contributed by atoms with Crippen LogP contribution < -0.4 is 10.2 Å². The number of nitrogens with zero attached hydrogens (tertiary/aromatic N) is 2. The smallest absolute Gasteiger partial charge is 0.277 e. The van der Waals surface area contributed by atoms with E-state index in [1.807, 2.05) is 42.5 Å². The van der Waals surface area contributed by atoms with Gasteiger partial charge in [0.15, 0.2) is 6.61 Å². The van der Waals surface area contributed by atoms with Gasteiger partial charge in [-0.3, -0.25) is 4.79 Å². The molecular weight excluding hydrogens is 458 g/mol. The molecule has 1 heterocycles. The highest BCUT2D eigenvalue weighted by Gasteiger charge is 2.27. The van der Waals surface area contributed by atoms with Crippen molar-refractivity contribution in [2.45, 2.75) is 53.0 Å². The van der Waals surface area contributed by atoms with E-state index in [-0.39, 0.29) is 23.3 Å². The average Bonchev–Trinajstić information content (AvgIpc) is 3.19. The monoisotopic (exact) mass is 495 g/mol. The molecular formula is C32H37N3O2. The van der Waals surface area contributed by atoms with Gasteiger partial charge < -0.3 is 9.30 Å². The third kappa shape index (κ3) is 7.10. The number of carbonyl (C=O) groups excluding carboxylic acids is 1. The molecule has 1 N–H and O–H groups in total. The van der Waals surface area contributed by atoms with E-state index in [1.54, 1.807) is 6.21 Å². The Morgan fingerprint density at radius 3 is 2.30 bits per heavy atom. The zero-order valence-electron chi connectivity index (χ0n) is 22.5. The molecule has 1 amide bonds. The van der Waals surface area contributed by atoms with Crippen molar-refractivity contribution >= 4 is 23.0 Å². The first-order chi connectivity index (χ1) is 17.6. The Labute approximate surface area is 220 Å². The second-order valence-electron chi connectivity index (χ2n) is 11.4. The summed E-state index contributed by atoms with van der Waals surface area (Å²) in [6.45, 7) is 12.0. The van der Waals surface area contributed by atoms with Crippen LogP contribution in [0.2, 0.25) is 0 Å². The highest BCUT2D eigenvalue weighted by Crippen LogP contribution is 2.36.